The number of ether oxygens (including phenoxy) is 2. The van der Waals surface area contributed by atoms with Crippen LogP contribution >= 0.6 is 11.6 Å². The molecule has 0 amide bonds. The van der Waals surface area contributed by atoms with Gasteiger partial charge in [-0.05, 0) is 12.1 Å². The molecule has 1 aromatic carbocycles. The third-order valence-electron chi connectivity index (χ3n) is 2.94. The van der Waals surface area contributed by atoms with Gasteiger partial charge in [0.25, 0.3) is 0 Å². The first-order chi connectivity index (χ1) is 10.7. The Morgan fingerprint density at radius 3 is 2.45 bits per heavy atom. The SMILES string of the molecule is COc1cc(OC)nc(-c2cccc(NCC(O)CCl)c2)n1. The summed E-state index contributed by atoms with van der Waals surface area (Å²) in [5.41, 5.74) is 1.65. The van der Waals surface area contributed by atoms with Gasteiger partial charge in [-0.25, -0.2) is 0 Å². The first-order valence-corrected chi connectivity index (χ1v) is 7.25. The molecule has 1 aromatic heterocycles. The fourth-order valence-corrected chi connectivity index (χ4v) is 1.91. The Hall–Kier alpha value is -2.05. The number of aliphatic hydroxyl groups excluding tert-OH is 1. The summed E-state index contributed by atoms with van der Waals surface area (Å²) >= 11 is 5.57. The highest BCUT2D eigenvalue weighted by Gasteiger charge is 2.09. The molecule has 0 fully saturated rings. The van der Waals surface area contributed by atoms with E-state index in [0.717, 1.165) is 11.3 Å². The lowest BCUT2D eigenvalue weighted by Crippen LogP contribution is -2.20. The molecule has 2 N–H and O–H groups in total. The summed E-state index contributed by atoms with van der Waals surface area (Å²) in [6.07, 6.45) is -0.599. The monoisotopic (exact) mass is 323 g/mol. The number of methoxy groups -OCH3 is 2. The van der Waals surface area contributed by atoms with E-state index in [4.69, 9.17) is 21.1 Å². The van der Waals surface area contributed by atoms with E-state index in [-0.39, 0.29) is 5.88 Å². The zero-order chi connectivity index (χ0) is 15.9. The molecule has 1 heterocycles. The summed E-state index contributed by atoms with van der Waals surface area (Å²) < 4.78 is 10.3. The second kappa shape index (κ2) is 7.82. The van der Waals surface area contributed by atoms with Crippen molar-refractivity contribution in [1.29, 1.82) is 0 Å². The lowest BCUT2D eigenvalue weighted by molar-refractivity contribution is 0.211. The zero-order valence-electron chi connectivity index (χ0n) is 12.4. The minimum Gasteiger partial charge on any atom is -0.481 e. The smallest absolute Gasteiger partial charge is 0.220 e. The van der Waals surface area contributed by atoms with E-state index in [1.165, 1.54) is 14.2 Å². The Morgan fingerprint density at radius 2 is 1.86 bits per heavy atom. The van der Waals surface area contributed by atoms with Crippen LogP contribution < -0.4 is 14.8 Å². The van der Waals surface area contributed by atoms with Gasteiger partial charge < -0.3 is 19.9 Å². The Kier molecular flexibility index (Phi) is 5.80. The highest BCUT2D eigenvalue weighted by Crippen LogP contribution is 2.24. The van der Waals surface area contributed by atoms with Crippen LogP contribution in [0.25, 0.3) is 11.4 Å². The maximum Gasteiger partial charge on any atom is 0.220 e. The number of halogens is 1. The van der Waals surface area contributed by atoms with Crippen molar-refractivity contribution in [1.82, 2.24) is 9.97 Å². The number of aliphatic hydroxyl groups is 1. The topological polar surface area (TPSA) is 76.5 Å². The van der Waals surface area contributed by atoms with Crippen molar-refractivity contribution in [2.75, 3.05) is 32.0 Å². The molecular formula is C15H18ClN3O3. The summed E-state index contributed by atoms with van der Waals surface area (Å²) in [5, 5.41) is 12.6. The van der Waals surface area contributed by atoms with Gasteiger partial charge >= 0.3 is 0 Å². The third-order valence-corrected chi connectivity index (χ3v) is 3.29. The molecule has 0 aliphatic rings. The summed E-state index contributed by atoms with van der Waals surface area (Å²) in [4.78, 5) is 8.62. The Labute approximate surface area is 134 Å². The van der Waals surface area contributed by atoms with Crippen molar-refractivity contribution in [2.45, 2.75) is 6.10 Å². The van der Waals surface area contributed by atoms with Crippen molar-refractivity contribution in [3.63, 3.8) is 0 Å². The van der Waals surface area contributed by atoms with Crippen LogP contribution in [0, 0.1) is 0 Å². The number of rotatable bonds is 7. The van der Waals surface area contributed by atoms with Crippen LogP contribution in [-0.4, -0.2) is 47.8 Å². The van der Waals surface area contributed by atoms with Crippen molar-refractivity contribution < 1.29 is 14.6 Å². The van der Waals surface area contributed by atoms with Gasteiger partial charge in [0.05, 0.1) is 32.3 Å². The lowest BCUT2D eigenvalue weighted by Gasteiger charge is -2.11. The molecule has 0 radical (unpaired) electrons. The quantitative estimate of drug-likeness (QED) is 0.761. The average molecular weight is 324 g/mol. The van der Waals surface area contributed by atoms with Crippen LogP contribution in [0.1, 0.15) is 0 Å². The van der Waals surface area contributed by atoms with E-state index >= 15 is 0 Å². The fourth-order valence-electron chi connectivity index (χ4n) is 1.80. The van der Waals surface area contributed by atoms with Gasteiger partial charge in [-0.15, -0.1) is 11.6 Å². The normalized spacial score (nSPS) is 11.8. The van der Waals surface area contributed by atoms with Crippen LogP contribution in [0.5, 0.6) is 11.8 Å². The van der Waals surface area contributed by atoms with Gasteiger partial charge in [-0.1, -0.05) is 12.1 Å². The predicted octanol–water partition coefficient (Wildman–Crippen LogP) is 2.17. The summed E-state index contributed by atoms with van der Waals surface area (Å²) in [6, 6.07) is 9.15. The number of nitrogens with one attached hydrogen (secondary N) is 1. The Morgan fingerprint density at radius 1 is 1.18 bits per heavy atom. The van der Waals surface area contributed by atoms with Crippen LogP contribution in [0.15, 0.2) is 30.3 Å². The molecule has 22 heavy (non-hydrogen) atoms. The molecule has 1 atom stereocenters. The molecular weight excluding hydrogens is 306 g/mol. The van der Waals surface area contributed by atoms with Crippen LogP contribution in [0.4, 0.5) is 5.69 Å². The van der Waals surface area contributed by atoms with Crippen LogP contribution in [0.3, 0.4) is 0 Å². The molecule has 1 unspecified atom stereocenters. The van der Waals surface area contributed by atoms with Crippen molar-refractivity contribution >= 4 is 17.3 Å². The minimum absolute atomic E-state index is 0.183. The second-order valence-corrected chi connectivity index (χ2v) is 4.85. The number of hydrogen-bond donors (Lipinski definition) is 2. The fraction of sp³-hybridized carbons (Fsp3) is 0.333. The molecule has 2 rings (SSSR count). The van der Waals surface area contributed by atoms with E-state index in [0.29, 0.717) is 24.1 Å². The van der Waals surface area contributed by atoms with E-state index in [2.05, 4.69) is 15.3 Å². The zero-order valence-corrected chi connectivity index (χ0v) is 13.2. The molecule has 0 aliphatic carbocycles. The van der Waals surface area contributed by atoms with E-state index in [1.54, 1.807) is 6.07 Å². The molecule has 0 spiro atoms. The Balaban J connectivity index is 2.25. The molecule has 0 bridgehead atoms. The molecule has 0 saturated carbocycles. The molecule has 2 aromatic rings. The number of hydrogen-bond acceptors (Lipinski definition) is 6. The number of anilines is 1. The summed E-state index contributed by atoms with van der Waals surface area (Å²) in [6.45, 7) is 0.370. The second-order valence-electron chi connectivity index (χ2n) is 4.55. The predicted molar refractivity (Wildman–Crippen MR) is 85.8 cm³/mol. The van der Waals surface area contributed by atoms with Crippen molar-refractivity contribution in [2.24, 2.45) is 0 Å². The van der Waals surface area contributed by atoms with Gasteiger partial charge in [0, 0.05) is 17.8 Å². The van der Waals surface area contributed by atoms with Gasteiger partial charge in [0.1, 0.15) is 0 Å². The van der Waals surface area contributed by atoms with Crippen LogP contribution in [-0.2, 0) is 0 Å². The Bertz CT molecular complexity index is 602. The first-order valence-electron chi connectivity index (χ1n) is 6.71. The van der Waals surface area contributed by atoms with Gasteiger partial charge in [-0.2, -0.15) is 9.97 Å². The van der Waals surface area contributed by atoms with Gasteiger partial charge in [0.15, 0.2) is 5.82 Å². The maximum atomic E-state index is 9.49. The molecule has 0 aliphatic heterocycles. The highest BCUT2D eigenvalue weighted by molar-refractivity contribution is 6.18. The largest absolute Gasteiger partial charge is 0.481 e. The molecule has 6 nitrogen and oxygen atoms in total. The minimum atomic E-state index is -0.599. The van der Waals surface area contributed by atoms with Gasteiger partial charge in [0.2, 0.25) is 11.8 Å². The van der Waals surface area contributed by atoms with Crippen molar-refractivity contribution in [3.8, 4) is 23.1 Å². The van der Waals surface area contributed by atoms with Crippen LogP contribution in [0.2, 0.25) is 0 Å². The number of nitrogens with zero attached hydrogens (tertiary/aromatic N) is 2. The third kappa shape index (κ3) is 4.22. The van der Waals surface area contributed by atoms with Crippen molar-refractivity contribution in [3.05, 3.63) is 30.3 Å². The standard InChI is InChI=1S/C15H18ClN3O3/c1-21-13-7-14(22-2)19-15(18-13)10-4-3-5-11(6-10)17-9-12(20)8-16/h3-7,12,17,20H,8-9H2,1-2H3. The summed E-state index contributed by atoms with van der Waals surface area (Å²) in [7, 11) is 3.08. The highest BCUT2D eigenvalue weighted by atomic mass is 35.5. The molecule has 7 heteroatoms. The average Bonchev–Trinajstić information content (AvgIpc) is 2.59. The number of aromatic nitrogens is 2. The maximum absolute atomic E-state index is 9.49. The first kappa shape index (κ1) is 16.3. The summed E-state index contributed by atoms with van der Waals surface area (Å²) in [5.74, 6) is 1.54. The lowest BCUT2D eigenvalue weighted by atomic mass is 10.2. The number of benzene rings is 1. The van der Waals surface area contributed by atoms with E-state index < -0.39 is 6.10 Å². The van der Waals surface area contributed by atoms with E-state index in [9.17, 15) is 5.11 Å². The van der Waals surface area contributed by atoms with Gasteiger partial charge in [-0.3, -0.25) is 0 Å². The van der Waals surface area contributed by atoms with E-state index in [1.807, 2.05) is 24.3 Å². The molecule has 0 saturated heterocycles. The number of alkyl halides is 1. The molecule has 118 valence electrons.